The van der Waals surface area contributed by atoms with Crippen LogP contribution >= 0.6 is 0 Å². The van der Waals surface area contributed by atoms with Gasteiger partial charge >= 0.3 is 12.1 Å². The van der Waals surface area contributed by atoms with Crippen molar-refractivity contribution >= 4 is 34.8 Å². The Bertz CT molecular complexity index is 1080. The number of carbonyl (C=O) groups excluding carboxylic acids is 4. The maximum Gasteiger partial charge on any atom is 0.409 e. The zero-order chi connectivity index (χ0) is 25.4. The van der Waals surface area contributed by atoms with Gasteiger partial charge in [-0.2, -0.15) is 0 Å². The summed E-state index contributed by atoms with van der Waals surface area (Å²) in [7, 11) is 0. The summed E-state index contributed by atoms with van der Waals surface area (Å²) < 4.78 is 15.8. The number of aromatic nitrogens is 1. The number of rotatable bonds is 8. The fraction of sp³-hybridized carbons (Fsp3) is 0.458. The van der Waals surface area contributed by atoms with Crippen LogP contribution in [0.1, 0.15) is 31.3 Å². The Hall–Kier alpha value is -3.89. The first-order valence-electron chi connectivity index (χ1n) is 11.5. The standard InChI is InChI=1S/C24H30N4O7/c1-4-33-23(31)16(3)35-20-14-19(26-18-9-7-6-8-17(18)20)22(30)25-15-21(29)27-10-12-28(13-11-27)24(32)34-5-2/h6-9,14,16H,4-5,10-13,15H2,1-3H3,(H,25,30). The molecular formula is C24H30N4O7. The van der Waals surface area contributed by atoms with E-state index in [2.05, 4.69) is 10.3 Å². The highest BCUT2D eigenvalue weighted by molar-refractivity contribution is 5.98. The van der Waals surface area contributed by atoms with E-state index in [0.717, 1.165) is 0 Å². The Morgan fingerprint density at radius 1 is 1.00 bits per heavy atom. The molecule has 1 unspecified atom stereocenters. The Morgan fingerprint density at radius 2 is 1.66 bits per heavy atom. The van der Waals surface area contributed by atoms with Crippen molar-refractivity contribution in [3.05, 3.63) is 36.0 Å². The lowest BCUT2D eigenvalue weighted by atomic mass is 10.1. The molecule has 1 aliphatic rings. The van der Waals surface area contributed by atoms with Gasteiger partial charge in [0.15, 0.2) is 6.10 Å². The van der Waals surface area contributed by atoms with Crippen molar-refractivity contribution in [1.82, 2.24) is 20.1 Å². The molecule has 0 aliphatic carbocycles. The van der Waals surface area contributed by atoms with E-state index in [1.165, 1.54) is 6.07 Å². The van der Waals surface area contributed by atoms with E-state index in [1.807, 2.05) is 0 Å². The van der Waals surface area contributed by atoms with Gasteiger partial charge < -0.3 is 29.3 Å². The number of nitrogens with zero attached hydrogens (tertiary/aromatic N) is 3. The number of ether oxygens (including phenoxy) is 3. The maximum atomic E-state index is 12.8. The van der Waals surface area contributed by atoms with Crippen molar-refractivity contribution < 1.29 is 33.4 Å². The predicted molar refractivity (Wildman–Crippen MR) is 126 cm³/mol. The van der Waals surface area contributed by atoms with Crippen LogP contribution in [0.3, 0.4) is 0 Å². The van der Waals surface area contributed by atoms with Gasteiger partial charge in [0.2, 0.25) is 5.91 Å². The largest absolute Gasteiger partial charge is 0.478 e. The zero-order valence-electron chi connectivity index (χ0n) is 20.1. The lowest BCUT2D eigenvalue weighted by Gasteiger charge is -2.34. The molecule has 188 valence electrons. The normalized spacial score (nSPS) is 14.3. The Morgan fingerprint density at radius 3 is 2.34 bits per heavy atom. The van der Waals surface area contributed by atoms with Gasteiger partial charge in [-0.1, -0.05) is 12.1 Å². The molecule has 11 nitrogen and oxygen atoms in total. The second kappa shape index (κ2) is 12.0. The van der Waals surface area contributed by atoms with Crippen molar-refractivity contribution in [2.75, 3.05) is 45.9 Å². The summed E-state index contributed by atoms with van der Waals surface area (Å²) in [6.07, 6.45) is -1.28. The molecule has 1 N–H and O–H groups in total. The molecule has 3 amide bonds. The number of esters is 1. The van der Waals surface area contributed by atoms with Crippen LogP contribution in [-0.2, 0) is 19.1 Å². The van der Waals surface area contributed by atoms with Gasteiger partial charge in [0.25, 0.3) is 5.91 Å². The van der Waals surface area contributed by atoms with Crippen LogP contribution in [0.15, 0.2) is 30.3 Å². The highest BCUT2D eigenvalue weighted by Crippen LogP contribution is 2.26. The number of hydrogen-bond donors (Lipinski definition) is 1. The number of benzene rings is 1. The molecule has 1 aliphatic heterocycles. The third-order valence-electron chi connectivity index (χ3n) is 5.39. The Balaban J connectivity index is 1.64. The first-order valence-corrected chi connectivity index (χ1v) is 11.5. The van der Waals surface area contributed by atoms with Gasteiger partial charge in [-0.15, -0.1) is 0 Å². The van der Waals surface area contributed by atoms with Crippen molar-refractivity contribution in [2.45, 2.75) is 26.9 Å². The lowest BCUT2D eigenvalue weighted by Crippen LogP contribution is -2.52. The van der Waals surface area contributed by atoms with E-state index in [0.29, 0.717) is 49.4 Å². The minimum absolute atomic E-state index is 0.0506. The summed E-state index contributed by atoms with van der Waals surface area (Å²) in [4.78, 5) is 56.7. The number of carbonyl (C=O) groups is 4. The Kier molecular flexibility index (Phi) is 8.82. The van der Waals surface area contributed by atoms with Crippen LogP contribution in [0.25, 0.3) is 10.9 Å². The second-order valence-electron chi connectivity index (χ2n) is 7.78. The molecular weight excluding hydrogens is 456 g/mol. The van der Waals surface area contributed by atoms with Crippen molar-refractivity contribution in [1.29, 1.82) is 0 Å². The number of piperazine rings is 1. The summed E-state index contributed by atoms with van der Waals surface area (Å²) in [5.74, 6) is -1.03. The molecule has 2 aromatic rings. The number of hydrogen-bond acceptors (Lipinski definition) is 8. The second-order valence-corrected chi connectivity index (χ2v) is 7.78. The van der Waals surface area contributed by atoms with Gasteiger partial charge in [-0.05, 0) is 32.9 Å². The first kappa shape index (κ1) is 25.7. The summed E-state index contributed by atoms with van der Waals surface area (Å²) in [5, 5.41) is 3.23. The molecule has 2 heterocycles. The van der Waals surface area contributed by atoms with E-state index in [-0.39, 0.29) is 24.8 Å². The average Bonchev–Trinajstić information content (AvgIpc) is 2.87. The summed E-state index contributed by atoms with van der Waals surface area (Å²) in [6.45, 7) is 6.74. The molecule has 11 heteroatoms. The van der Waals surface area contributed by atoms with E-state index < -0.39 is 24.1 Å². The van der Waals surface area contributed by atoms with Crippen molar-refractivity contribution in [3.63, 3.8) is 0 Å². The van der Waals surface area contributed by atoms with Gasteiger partial charge in [0, 0.05) is 37.6 Å². The third kappa shape index (κ3) is 6.58. The molecule has 35 heavy (non-hydrogen) atoms. The third-order valence-corrected chi connectivity index (χ3v) is 5.39. The predicted octanol–water partition coefficient (Wildman–Crippen LogP) is 1.60. The van der Waals surface area contributed by atoms with Gasteiger partial charge in [-0.3, -0.25) is 9.59 Å². The highest BCUT2D eigenvalue weighted by Gasteiger charge is 2.25. The molecule has 0 spiro atoms. The van der Waals surface area contributed by atoms with E-state index in [1.54, 1.807) is 54.8 Å². The van der Waals surface area contributed by atoms with E-state index >= 15 is 0 Å². The van der Waals surface area contributed by atoms with Crippen LogP contribution < -0.4 is 10.1 Å². The average molecular weight is 487 g/mol. The van der Waals surface area contributed by atoms with Crippen LogP contribution in [0, 0.1) is 0 Å². The fourth-order valence-electron chi connectivity index (χ4n) is 3.57. The van der Waals surface area contributed by atoms with Crippen LogP contribution in [-0.4, -0.2) is 90.7 Å². The summed E-state index contributed by atoms with van der Waals surface area (Å²) >= 11 is 0. The molecule has 1 saturated heterocycles. The fourth-order valence-corrected chi connectivity index (χ4v) is 3.57. The molecule has 3 rings (SSSR count). The quantitative estimate of drug-likeness (QED) is 0.558. The highest BCUT2D eigenvalue weighted by atomic mass is 16.6. The first-order chi connectivity index (χ1) is 16.8. The minimum atomic E-state index is -0.883. The number of amides is 3. The lowest BCUT2D eigenvalue weighted by molar-refractivity contribution is -0.150. The molecule has 0 saturated carbocycles. The van der Waals surface area contributed by atoms with Crippen molar-refractivity contribution in [2.24, 2.45) is 0 Å². The van der Waals surface area contributed by atoms with Gasteiger partial charge in [0.05, 0.1) is 25.3 Å². The molecule has 0 bridgehead atoms. The zero-order valence-corrected chi connectivity index (χ0v) is 20.1. The monoisotopic (exact) mass is 486 g/mol. The molecule has 1 atom stereocenters. The topological polar surface area (TPSA) is 127 Å². The summed E-state index contributed by atoms with van der Waals surface area (Å²) in [6, 6.07) is 8.51. The Labute approximate surface area is 203 Å². The molecule has 0 radical (unpaired) electrons. The van der Waals surface area contributed by atoms with Crippen molar-refractivity contribution in [3.8, 4) is 5.75 Å². The van der Waals surface area contributed by atoms with Gasteiger partial charge in [0.1, 0.15) is 11.4 Å². The molecule has 1 fully saturated rings. The number of para-hydroxylation sites is 1. The van der Waals surface area contributed by atoms with Crippen LogP contribution in [0.4, 0.5) is 4.79 Å². The number of fused-ring (bicyclic) bond motifs is 1. The van der Waals surface area contributed by atoms with E-state index in [4.69, 9.17) is 14.2 Å². The minimum Gasteiger partial charge on any atom is -0.478 e. The SMILES string of the molecule is CCOC(=O)C(C)Oc1cc(C(=O)NCC(=O)N2CCN(C(=O)OCC)CC2)nc2ccccc12. The molecule has 1 aromatic carbocycles. The number of nitrogens with one attached hydrogen (secondary N) is 1. The number of pyridine rings is 1. The maximum absolute atomic E-state index is 12.8. The smallest absolute Gasteiger partial charge is 0.409 e. The van der Waals surface area contributed by atoms with Crippen LogP contribution in [0.5, 0.6) is 5.75 Å². The van der Waals surface area contributed by atoms with Gasteiger partial charge in [-0.25, -0.2) is 14.6 Å². The van der Waals surface area contributed by atoms with E-state index in [9.17, 15) is 19.2 Å². The summed E-state index contributed by atoms with van der Waals surface area (Å²) in [5.41, 5.74) is 0.558. The molecule has 1 aromatic heterocycles. The van der Waals surface area contributed by atoms with Crippen LogP contribution in [0.2, 0.25) is 0 Å².